The van der Waals surface area contributed by atoms with Crippen molar-refractivity contribution < 1.29 is 9.53 Å². The molecule has 0 aromatic rings. The van der Waals surface area contributed by atoms with Crippen molar-refractivity contribution in [2.75, 3.05) is 13.2 Å². The van der Waals surface area contributed by atoms with Crippen molar-refractivity contribution in [2.45, 2.75) is 6.04 Å². The second kappa shape index (κ2) is 3.53. The zero-order valence-corrected chi connectivity index (χ0v) is 5.61. The van der Waals surface area contributed by atoms with Crippen molar-refractivity contribution in [3.05, 3.63) is 0 Å². The van der Waals surface area contributed by atoms with Gasteiger partial charge in [0.15, 0.2) is 0 Å². The molecule has 1 fully saturated rings. The smallest absolute Gasteiger partial charge is 0.407 e. The summed E-state index contributed by atoms with van der Waals surface area (Å²) in [7, 11) is 0. The number of carbonyl (C=O) groups is 1. The Bertz CT molecular complexity index is 109. The van der Waals surface area contributed by atoms with E-state index in [4.69, 9.17) is 5.73 Å². The highest BCUT2D eigenvalue weighted by Crippen LogP contribution is 1.93. The number of amides is 1. The highest BCUT2D eigenvalue weighted by atomic mass is 35.5. The molecule has 0 radical (unpaired) electrons. The number of nitrogens with one attached hydrogen (secondary N) is 1. The monoisotopic (exact) mass is 152 g/mol. The van der Waals surface area contributed by atoms with Crippen LogP contribution in [0.25, 0.3) is 0 Å². The predicted molar refractivity (Wildman–Crippen MR) is 34.6 cm³/mol. The van der Waals surface area contributed by atoms with Gasteiger partial charge in [-0.15, -0.1) is 12.4 Å². The largest absolute Gasteiger partial charge is 0.447 e. The van der Waals surface area contributed by atoms with Crippen LogP contribution >= 0.6 is 12.4 Å². The quantitative estimate of drug-likeness (QED) is 0.531. The topological polar surface area (TPSA) is 64.3 Å². The summed E-state index contributed by atoms with van der Waals surface area (Å²) in [4.78, 5) is 10.2. The molecule has 0 bridgehead atoms. The maximum atomic E-state index is 10.2. The summed E-state index contributed by atoms with van der Waals surface area (Å²) in [5.74, 6) is 0. The first-order chi connectivity index (χ1) is 3.83. The van der Waals surface area contributed by atoms with Gasteiger partial charge in [-0.2, -0.15) is 0 Å². The summed E-state index contributed by atoms with van der Waals surface area (Å²) < 4.78 is 4.53. The molecule has 4 nitrogen and oxygen atoms in total. The number of alkyl carbamates (subject to hydrolysis) is 1. The van der Waals surface area contributed by atoms with E-state index in [2.05, 4.69) is 10.1 Å². The van der Waals surface area contributed by atoms with Crippen LogP contribution in [0.15, 0.2) is 0 Å². The molecule has 0 aliphatic carbocycles. The SMILES string of the molecule is Cl.NC[C@@H]1COC(=O)N1. The lowest BCUT2D eigenvalue weighted by atomic mass is 10.3. The lowest BCUT2D eigenvalue weighted by Gasteiger charge is -1.98. The highest BCUT2D eigenvalue weighted by Gasteiger charge is 2.19. The highest BCUT2D eigenvalue weighted by molar-refractivity contribution is 5.85. The molecule has 5 heteroatoms. The number of cyclic esters (lactones) is 1. The van der Waals surface area contributed by atoms with Crippen LogP contribution in [-0.2, 0) is 4.74 Å². The van der Waals surface area contributed by atoms with Gasteiger partial charge in [-0.25, -0.2) is 4.79 Å². The van der Waals surface area contributed by atoms with E-state index in [1.54, 1.807) is 0 Å². The van der Waals surface area contributed by atoms with Crippen LogP contribution in [0.1, 0.15) is 0 Å². The molecular weight excluding hydrogens is 144 g/mol. The van der Waals surface area contributed by atoms with E-state index < -0.39 is 0 Å². The fraction of sp³-hybridized carbons (Fsp3) is 0.750. The Balaban J connectivity index is 0.000000640. The molecule has 0 spiro atoms. The molecule has 1 heterocycles. The van der Waals surface area contributed by atoms with Crippen molar-refractivity contribution in [3.8, 4) is 0 Å². The third-order valence-electron chi connectivity index (χ3n) is 1.02. The standard InChI is InChI=1S/C4H8N2O2.ClH/c5-1-3-2-8-4(7)6-3;/h3H,1-2,5H2,(H,6,7);1H/t3-;/m1./s1. The zero-order chi connectivity index (χ0) is 5.98. The first-order valence-electron chi connectivity index (χ1n) is 2.46. The zero-order valence-electron chi connectivity index (χ0n) is 4.79. The van der Waals surface area contributed by atoms with Gasteiger partial charge in [-0.1, -0.05) is 0 Å². The average Bonchev–Trinajstić information content (AvgIpc) is 2.14. The number of carbonyl (C=O) groups excluding carboxylic acids is 1. The van der Waals surface area contributed by atoms with Gasteiger partial charge >= 0.3 is 6.09 Å². The number of hydrogen-bond acceptors (Lipinski definition) is 3. The minimum atomic E-state index is -0.361. The Morgan fingerprint density at radius 2 is 2.56 bits per heavy atom. The molecule has 9 heavy (non-hydrogen) atoms. The van der Waals surface area contributed by atoms with Crippen LogP contribution in [0.5, 0.6) is 0 Å². The summed E-state index contributed by atoms with van der Waals surface area (Å²) in [5, 5.41) is 2.52. The van der Waals surface area contributed by atoms with Gasteiger partial charge in [0, 0.05) is 6.54 Å². The van der Waals surface area contributed by atoms with E-state index in [-0.39, 0.29) is 24.5 Å². The van der Waals surface area contributed by atoms with E-state index in [0.717, 1.165) is 0 Å². The lowest BCUT2D eigenvalue weighted by molar-refractivity contribution is 0.177. The third-order valence-corrected chi connectivity index (χ3v) is 1.02. The van der Waals surface area contributed by atoms with Gasteiger partial charge in [0.05, 0.1) is 6.04 Å². The first-order valence-corrected chi connectivity index (χ1v) is 2.46. The minimum Gasteiger partial charge on any atom is -0.447 e. The molecule has 1 rings (SSSR count). The number of ether oxygens (including phenoxy) is 1. The molecule has 3 N–H and O–H groups in total. The Kier molecular flexibility index (Phi) is 3.34. The van der Waals surface area contributed by atoms with Crippen molar-refractivity contribution >= 4 is 18.5 Å². The molecule has 1 aliphatic heterocycles. The second-order valence-electron chi connectivity index (χ2n) is 1.68. The van der Waals surface area contributed by atoms with Crippen LogP contribution in [0.2, 0.25) is 0 Å². The Morgan fingerprint density at radius 3 is 2.78 bits per heavy atom. The molecular formula is C4H9ClN2O2. The van der Waals surface area contributed by atoms with Gasteiger partial charge in [-0.3, -0.25) is 0 Å². The molecule has 0 saturated carbocycles. The van der Waals surface area contributed by atoms with Gasteiger partial charge in [0.1, 0.15) is 6.61 Å². The van der Waals surface area contributed by atoms with Gasteiger partial charge < -0.3 is 15.8 Å². The summed E-state index contributed by atoms with van der Waals surface area (Å²) >= 11 is 0. The molecule has 1 saturated heterocycles. The van der Waals surface area contributed by atoms with Gasteiger partial charge in [0.25, 0.3) is 0 Å². The van der Waals surface area contributed by atoms with Crippen LogP contribution in [0.4, 0.5) is 4.79 Å². The average molecular weight is 153 g/mol. The molecule has 0 aromatic heterocycles. The fourth-order valence-electron chi connectivity index (χ4n) is 0.553. The van der Waals surface area contributed by atoms with Gasteiger partial charge in [0.2, 0.25) is 0 Å². The van der Waals surface area contributed by atoms with Crippen molar-refractivity contribution in [1.29, 1.82) is 0 Å². The predicted octanol–water partition coefficient (Wildman–Crippen LogP) is -0.525. The summed E-state index contributed by atoms with van der Waals surface area (Å²) in [6, 6.07) is 0.0301. The van der Waals surface area contributed by atoms with Crippen LogP contribution in [0.3, 0.4) is 0 Å². The van der Waals surface area contributed by atoms with E-state index in [1.807, 2.05) is 0 Å². The molecule has 1 amide bonds. The molecule has 0 unspecified atom stereocenters. The fourth-order valence-corrected chi connectivity index (χ4v) is 0.553. The minimum absolute atomic E-state index is 0. The van der Waals surface area contributed by atoms with E-state index >= 15 is 0 Å². The number of nitrogens with two attached hydrogens (primary N) is 1. The second-order valence-corrected chi connectivity index (χ2v) is 1.68. The Hall–Kier alpha value is -0.480. The maximum absolute atomic E-state index is 10.2. The molecule has 1 aliphatic rings. The van der Waals surface area contributed by atoms with Crippen LogP contribution in [0, 0.1) is 0 Å². The molecule has 1 atom stereocenters. The van der Waals surface area contributed by atoms with E-state index in [9.17, 15) is 4.79 Å². The third kappa shape index (κ3) is 2.07. The summed E-state index contributed by atoms with van der Waals surface area (Å²) in [6.45, 7) is 0.862. The maximum Gasteiger partial charge on any atom is 0.407 e. The van der Waals surface area contributed by atoms with Crippen LogP contribution in [-0.4, -0.2) is 25.3 Å². The van der Waals surface area contributed by atoms with Crippen molar-refractivity contribution in [2.24, 2.45) is 5.73 Å². The lowest BCUT2D eigenvalue weighted by Crippen LogP contribution is -2.33. The summed E-state index contributed by atoms with van der Waals surface area (Å²) in [6.07, 6.45) is -0.361. The number of hydrogen-bond donors (Lipinski definition) is 2. The van der Waals surface area contributed by atoms with Crippen LogP contribution < -0.4 is 11.1 Å². The Labute approximate surface area is 59.1 Å². The normalized spacial score (nSPS) is 24.1. The summed E-state index contributed by atoms with van der Waals surface area (Å²) in [5.41, 5.74) is 5.20. The molecule has 0 aromatic carbocycles. The first kappa shape index (κ1) is 8.52. The van der Waals surface area contributed by atoms with E-state index in [1.165, 1.54) is 0 Å². The van der Waals surface area contributed by atoms with Crippen molar-refractivity contribution in [3.63, 3.8) is 0 Å². The van der Waals surface area contributed by atoms with E-state index in [0.29, 0.717) is 13.2 Å². The van der Waals surface area contributed by atoms with Crippen molar-refractivity contribution in [1.82, 2.24) is 5.32 Å². The Morgan fingerprint density at radius 1 is 1.89 bits per heavy atom. The number of halogens is 1. The number of rotatable bonds is 1. The molecule has 54 valence electrons. The van der Waals surface area contributed by atoms with Gasteiger partial charge in [-0.05, 0) is 0 Å².